The van der Waals surface area contributed by atoms with Crippen molar-refractivity contribution < 1.29 is 26.4 Å². The summed E-state index contributed by atoms with van der Waals surface area (Å²) in [6, 6.07) is 11.3. The number of carbonyl (C=O) groups is 1. The summed E-state index contributed by atoms with van der Waals surface area (Å²) in [4.78, 5) is 14.3. The van der Waals surface area contributed by atoms with Crippen LogP contribution in [0.2, 0.25) is 0 Å². The highest BCUT2D eigenvalue weighted by Gasteiger charge is 2.25. The first kappa shape index (κ1) is 22.6. The van der Waals surface area contributed by atoms with Gasteiger partial charge in [0.25, 0.3) is 5.91 Å². The van der Waals surface area contributed by atoms with Gasteiger partial charge in [0, 0.05) is 24.7 Å². The minimum absolute atomic E-state index is 0.0331. The molecule has 0 aliphatic rings. The maximum absolute atomic E-state index is 14.4. The van der Waals surface area contributed by atoms with Crippen LogP contribution in [-0.4, -0.2) is 31.7 Å². The predicted octanol–water partition coefficient (Wildman–Crippen LogP) is 4.43. The van der Waals surface area contributed by atoms with Crippen molar-refractivity contribution in [2.24, 2.45) is 0 Å². The monoisotopic (exact) mass is 448 g/mol. The molecule has 0 N–H and O–H groups in total. The maximum atomic E-state index is 14.4. The fraction of sp³-hybridized carbons (Fsp3) is 0.227. The number of benzene rings is 2. The number of carbonyl (C=O) groups excluding carboxylic acids is 1. The van der Waals surface area contributed by atoms with Gasteiger partial charge < -0.3 is 4.42 Å². The number of furan rings is 1. The van der Waals surface area contributed by atoms with E-state index in [0.717, 1.165) is 11.0 Å². The molecule has 31 heavy (non-hydrogen) atoms. The van der Waals surface area contributed by atoms with Crippen LogP contribution in [0.5, 0.6) is 0 Å². The zero-order chi connectivity index (χ0) is 22.8. The summed E-state index contributed by atoms with van der Waals surface area (Å²) in [7, 11) is -2.24. The van der Waals surface area contributed by atoms with Gasteiger partial charge in [0.1, 0.15) is 17.4 Å². The van der Waals surface area contributed by atoms with Crippen molar-refractivity contribution in [2.45, 2.75) is 31.3 Å². The molecule has 0 fully saturated rings. The van der Waals surface area contributed by atoms with Crippen molar-refractivity contribution in [3.05, 3.63) is 83.8 Å². The van der Waals surface area contributed by atoms with Gasteiger partial charge in [-0.15, -0.1) is 0 Å². The molecule has 2 aromatic carbocycles. The summed E-state index contributed by atoms with van der Waals surface area (Å²) in [6.07, 6.45) is 1.42. The van der Waals surface area contributed by atoms with Crippen LogP contribution in [-0.2, 0) is 16.6 Å². The summed E-state index contributed by atoms with van der Waals surface area (Å²) in [5, 5.41) is 0. The normalized spacial score (nSPS) is 11.8. The lowest BCUT2D eigenvalue weighted by molar-refractivity contribution is 0.0982. The molecule has 3 aromatic rings. The van der Waals surface area contributed by atoms with Crippen LogP contribution >= 0.6 is 0 Å². The molecule has 1 heterocycles. The van der Waals surface area contributed by atoms with Crippen molar-refractivity contribution in [3.8, 4) is 0 Å². The minimum Gasteiger partial charge on any atom is -0.467 e. The van der Waals surface area contributed by atoms with E-state index in [2.05, 4.69) is 0 Å². The highest BCUT2D eigenvalue weighted by atomic mass is 32.2. The highest BCUT2D eigenvalue weighted by Crippen LogP contribution is 2.25. The van der Waals surface area contributed by atoms with Gasteiger partial charge in [-0.2, -0.15) is 4.31 Å². The van der Waals surface area contributed by atoms with Gasteiger partial charge in [-0.1, -0.05) is 0 Å². The Morgan fingerprint density at radius 1 is 1.06 bits per heavy atom. The quantitative estimate of drug-likeness (QED) is 0.536. The lowest BCUT2D eigenvalue weighted by Crippen LogP contribution is -2.33. The summed E-state index contributed by atoms with van der Waals surface area (Å²) in [5.41, 5.74) is 0.0143. The van der Waals surface area contributed by atoms with Gasteiger partial charge in [-0.05, 0) is 62.4 Å². The number of anilines is 1. The molecule has 0 unspecified atom stereocenters. The second kappa shape index (κ2) is 8.99. The van der Waals surface area contributed by atoms with E-state index in [1.165, 1.54) is 47.9 Å². The van der Waals surface area contributed by atoms with Crippen LogP contribution < -0.4 is 4.90 Å². The van der Waals surface area contributed by atoms with Gasteiger partial charge in [0.15, 0.2) is 0 Å². The molecule has 0 bridgehead atoms. The molecule has 3 rings (SSSR count). The largest absolute Gasteiger partial charge is 0.467 e. The van der Waals surface area contributed by atoms with Crippen LogP contribution in [0, 0.1) is 11.6 Å². The Labute approximate surface area is 179 Å². The molecule has 1 aromatic heterocycles. The van der Waals surface area contributed by atoms with Crippen LogP contribution in [0.3, 0.4) is 0 Å². The summed E-state index contributed by atoms with van der Waals surface area (Å²) >= 11 is 0. The number of hydrogen-bond acceptors (Lipinski definition) is 4. The number of hydrogen-bond donors (Lipinski definition) is 0. The van der Waals surface area contributed by atoms with E-state index >= 15 is 0 Å². The second-order valence-corrected chi connectivity index (χ2v) is 9.20. The van der Waals surface area contributed by atoms with Crippen molar-refractivity contribution in [2.75, 3.05) is 11.9 Å². The van der Waals surface area contributed by atoms with Crippen LogP contribution in [0.15, 0.2) is 70.2 Å². The molecule has 6 nitrogen and oxygen atoms in total. The third-order valence-electron chi connectivity index (χ3n) is 4.85. The Kier molecular flexibility index (Phi) is 6.56. The Morgan fingerprint density at radius 2 is 1.74 bits per heavy atom. The molecular formula is C22H22F2N2O4S. The highest BCUT2D eigenvalue weighted by molar-refractivity contribution is 7.89. The third kappa shape index (κ3) is 4.83. The van der Waals surface area contributed by atoms with E-state index in [-0.39, 0.29) is 28.7 Å². The van der Waals surface area contributed by atoms with E-state index in [4.69, 9.17) is 4.42 Å². The summed E-state index contributed by atoms with van der Waals surface area (Å²) in [6.45, 7) is 3.41. The summed E-state index contributed by atoms with van der Waals surface area (Å²) < 4.78 is 59.6. The lowest BCUT2D eigenvalue weighted by atomic mass is 10.1. The minimum atomic E-state index is -3.71. The number of nitrogens with zero attached hydrogens (tertiary/aromatic N) is 2. The van der Waals surface area contributed by atoms with Crippen molar-refractivity contribution in [1.29, 1.82) is 0 Å². The van der Waals surface area contributed by atoms with Crippen molar-refractivity contribution in [1.82, 2.24) is 4.31 Å². The smallest absolute Gasteiger partial charge is 0.258 e. The molecular weight excluding hydrogens is 426 g/mol. The van der Waals surface area contributed by atoms with E-state index < -0.39 is 27.6 Å². The van der Waals surface area contributed by atoms with Gasteiger partial charge >= 0.3 is 0 Å². The third-order valence-corrected chi connectivity index (χ3v) is 6.89. The Hall–Kier alpha value is -3.04. The molecule has 1 amide bonds. The van der Waals surface area contributed by atoms with Crippen molar-refractivity contribution in [3.63, 3.8) is 0 Å². The van der Waals surface area contributed by atoms with E-state index in [9.17, 15) is 22.0 Å². The number of amides is 1. The molecule has 9 heteroatoms. The molecule has 0 radical (unpaired) electrons. The molecule has 0 saturated heterocycles. The molecule has 0 saturated carbocycles. The van der Waals surface area contributed by atoms with Gasteiger partial charge in [-0.25, -0.2) is 17.2 Å². The Morgan fingerprint density at radius 3 is 2.29 bits per heavy atom. The molecule has 0 aliphatic heterocycles. The number of halogens is 2. The zero-order valence-electron chi connectivity index (χ0n) is 17.2. The van der Waals surface area contributed by atoms with Gasteiger partial charge in [0.2, 0.25) is 10.0 Å². The van der Waals surface area contributed by atoms with Crippen LogP contribution in [0.25, 0.3) is 0 Å². The Bertz CT molecular complexity index is 1160. The fourth-order valence-corrected chi connectivity index (χ4v) is 4.26. The SMILES string of the molecule is CC(C)N(C)S(=O)(=O)c1ccc(C(=O)N(Cc2ccco2)c2ccc(F)cc2F)cc1. The standard InChI is InChI=1S/C22H22F2N2O4S/c1-15(2)25(3)31(28,29)19-9-6-16(7-10-19)22(27)26(14-18-5-4-12-30-18)21-11-8-17(23)13-20(21)24/h4-13,15H,14H2,1-3H3. The van der Waals surface area contributed by atoms with E-state index in [1.54, 1.807) is 26.0 Å². The molecule has 0 aliphatic carbocycles. The first-order chi connectivity index (χ1) is 14.6. The first-order valence-electron chi connectivity index (χ1n) is 9.48. The molecule has 164 valence electrons. The van der Waals surface area contributed by atoms with Gasteiger partial charge in [0.05, 0.1) is 23.4 Å². The average Bonchev–Trinajstić information content (AvgIpc) is 3.24. The molecule has 0 atom stereocenters. The second-order valence-electron chi connectivity index (χ2n) is 7.21. The van der Waals surface area contributed by atoms with Crippen molar-refractivity contribution >= 4 is 21.6 Å². The topological polar surface area (TPSA) is 70.8 Å². The van der Waals surface area contributed by atoms with E-state index in [0.29, 0.717) is 11.8 Å². The van der Waals surface area contributed by atoms with Crippen LogP contribution in [0.1, 0.15) is 30.0 Å². The van der Waals surface area contributed by atoms with E-state index in [1.807, 2.05) is 0 Å². The molecule has 0 spiro atoms. The average molecular weight is 448 g/mol. The fourth-order valence-electron chi connectivity index (χ4n) is 2.89. The first-order valence-corrected chi connectivity index (χ1v) is 10.9. The Balaban J connectivity index is 1.96. The summed E-state index contributed by atoms with van der Waals surface area (Å²) in [5.74, 6) is -1.87. The van der Waals surface area contributed by atoms with Crippen LogP contribution in [0.4, 0.5) is 14.5 Å². The lowest BCUT2D eigenvalue weighted by Gasteiger charge is -2.23. The number of sulfonamides is 1. The number of rotatable bonds is 7. The predicted molar refractivity (Wildman–Crippen MR) is 112 cm³/mol. The van der Waals surface area contributed by atoms with Gasteiger partial charge in [-0.3, -0.25) is 9.69 Å². The zero-order valence-corrected chi connectivity index (χ0v) is 18.1. The maximum Gasteiger partial charge on any atom is 0.258 e.